The van der Waals surface area contributed by atoms with Gasteiger partial charge in [0.25, 0.3) is 0 Å². The largest absolute Gasteiger partial charge is 0.492 e. The lowest BCUT2D eigenvalue weighted by molar-refractivity contribution is 0.0773. The lowest BCUT2D eigenvalue weighted by Crippen LogP contribution is -2.48. The molecule has 1 saturated heterocycles. The Bertz CT molecular complexity index is 348. The van der Waals surface area contributed by atoms with Crippen LogP contribution in [0.15, 0.2) is 24.3 Å². The molecule has 0 saturated carbocycles. The van der Waals surface area contributed by atoms with Crippen LogP contribution in [0.4, 0.5) is 5.69 Å². The third-order valence-corrected chi connectivity index (χ3v) is 3.26. The van der Waals surface area contributed by atoms with Crippen LogP contribution in [0.25, 0.3) is 0 Å². The summed E-state index contributed by atoms with van der Waals surface area (Å²) in [6.07, 6.45) is 2.67. The quantitative estimate of drug-likeness (QED) is 0.768. The fourth-order valence-corrected chi connectivity index (χ4v) is 2.35. The summed E-state index contributed by atoms with van der Waals surface area (Å²) < 4.78 is 5.67. The van der Waals surface area contributed by atoms with Gasteiger partial charge in [-0.2, -0.15) is 0 Å². The number of hydrogen-bond donors (Lipinski definition) is 1. The van der Waals surface area contributed by atoms with E-state index >= 15 is 0 Å². The maximum absolute atomic E-state index is 5.69. The average molecular weight is 234 g/mol. The molecule has 1 aliphatic heterocycles. The predicted molar refractivity (Wildman–Crippen MR) is 71.2 cm³/mol. The van der Waals surface area contributed by atoms with Gasteiger partial charge in [-0.1, -0.05) is 19.4 Å². The fraction of sp³-hybridized carbons (Fsp3) is 0.571. The molecule has 17 heavy (non-hydrogen) atoms. The van der Waals surface area contributed by atoms with Crippen LogP contribution in [-0.2, 0) is 0 Å². The van der Waals surface area contributed by atoms with Gasteiger partial charge in [0.1, 0.15) is 12.4 Å². The van der Waals surface area contributed by atoms with Crippen molar-refractivity contribution in [1.29, 1.82) is 0 Å². The van der Waals surface area contributed by atoms with Crippen LogP contribution in [0.5, 0.6) is 5.75 Å². The molecule has 2 rings (SSSR count). The van der Waals surface area contributed by atoms with Crippen molar-refractivity contribution in [3.8, 4) is 5.75 Å². The van der Waals surface area contributed by atoms with Crippen molar-refractivity contribution in [2.24, 2.45) is 5.92 Å². The predicted octanol–water partition coefficient (Wildman–Crippen LogP) is 2.38. The van der Waals surface area contributed by atoms with Gasteiger partial charge in [-0.3, -0.25) is 4.90 Å². The van der Waals surface area contributed by atoms with E-state index in [4.69, 9.17) is 10.5 Å². The summed E-state index contributed by atoms with van der Waals surface area (Å²) in [5.74, 6) is 1.79. The number of nitrogens with two attached hydrogens (primary N) is 1. The maximum Gasteiger partial charge on any atom is 0.121 e. The first-order valence-electron chi connectivity index (χ1n) is 6.48. The van der Waals surface area contributed by atoms with Crippen LogP contribution in [0.3, 0.4) is 0 Å². The van der Waals surface area contributed by atoms with Crippen molar-refractivity contribution in [1.82, 2.24) is 4.90 Å². The molecule has 0 radical (unpaired) electrons. The molecule has 1 aliphatic rings. The highest BCUT2D eigenvalue weighted by Crippen LogP contribution is 2.20. The van der Waals surface area contributed by atoms with Crippen molar-refractivity contribution in [3.63, 3.8) is 0 Å². The van der Waals surface area contributed by atoms with Gasteiger partial charge < -0.3 is 10.5 Å². The second kappa shape index (κ2) is 5.92. The van der Waals surface area contributed by atoms with Gasteiger partial charge in [0.2, 0.25) is 0 Å². The summed E-state index contributed by atoms with van der Waals surface area (Å²) >= 11 is 0. The Hall–Kier alpha value is -1.22. The highest BCUT2D eigenvalue weighted by molar-refractivity contribution is 5.43. The first kappa shape index (κ1) is 12.2. The van der Waals surface area contributed by atoms with Gasteiger partial charge in [-0.25, -0.2) is 0 Å². The Morgan fingerprint density at radius 3 is 2.94 bits per heavy atom. The van der Waals surface area contributed by atoms with Crippen LogP contribution in [0, 0.1) is 5.92 Å². The zero-order chi connectivity index (χ0) is 12.1. The van der Waals surface area contributed by atoms with Gasteiger partial charge in [-0.15, -0.1) is 0 Å². The molecule has 0 aliphatic carbocycles. The first-order chi connectivity index (χ1) is 8.28. The Kier molecular flexibility index (Phi) is 4.26. The third kappa shape index (κ3) is 3.63. The van der Waals surface area contributed by atoms with Gasteiger partial charge >= 0.3 is 0 Å². The van der Waals surface area contributed by atoms with E-state index in [-0.39, 0.29) is 0 Å². The lowest BCUT2D eigenvalue weighted by atomic mass is 9.95. The van der Waals surface area contributed by atoms with Gasteiger partial charge in [0, 0.05) is 31.4 Å². The highest BCUT2D eigenvalue weighted by Gasteiger charge is 2.24. The van der Waals surface area contributed by atoms with Crippen molar-refractivity contribution in [3.05, 3.63) is 24.3 Å². The van der Waals surface area contributed by atoms with Crippen LogP contribution >= 0.6 is 0 Å². The molecule has 94 valence electrons. The maximum atomic E-state index is 5.69. The number of anilines is 1. The first-order valence-corrected chi connectivity index (χ1v) is 6.48. The average Bonchev–Trinajstić information content (AvgIpc) is 2.26. The molecule has 1 heterocycles. The summed E-state index contributed by atoms with van der Waals surface area (Å²) in [4.78, 5) is 2.45. The van der Waals surface area contributed by atoms with E-state index in [9.17, 15) is 0 Å². The molecule has 1 aromatic carbocycles. The summed E-state index contributed by atoms with van der Waals surface area (Å²) in [6.45, 7) is 6.52. The number of benzene rings is 1. The minimum Gasteiger partial charge on any atom is -0.492 e. The molecule has 1 fully saturated rings. The van der Waals surface area contributed by atoms with Crippen molar-refractivity contribution in [2.75, 3.05) is 32.0 Å². The van der Waals surface area contributed by atoms with E-state index in [1.165, 1.54) is 25.9 Å². The van der Waals surface area contributed by atoms with Crippen LogP contribution in [0.1, 0.15) is 19.8 Å². The molecule has 2 N–H and O–H groups in total. The summed E-state index contributed by atoms with van der Waals surface area (Å²) in [7, 11) is 0. The summed E-state index contributed by atoms with van der Waals surface area (Å²) in [6, 6.07) is 7.62. The molecule has 0 amide bonds. The minimum absolute atomic E-state index is 0.752. The molecule has 3 nitrogen and oxygen atoms in total. The SMILES string of the molecule is CCCC1CN(CCOc2cccc(N)c2)C1. The molecule has 0 aromatic heterocycles. The number of hydrogen-bond acceptors (Lipinski definition) is 3. The van der Waals surface area contributed by atoms with Gasteiger partial charge in [0.15, 0.2) is 0 Å². The Morgan fingerprint density at radius 1 is 1.41 bits per heavy atom. The third-order valence-electron chi connectivity index (χ3n) is 3.26. The van der Waals surface area contributed by atoms with E-state index in [1.807, 2.05) is 24.3 Å². The Balaban J connectivity index is 1.61. The van der Waals surface area contributed by atoms with Crippen LogP contribution in [-0.4, -0.2) is 31.1 Å². The molecule has 0 spiro atoms. The molecule has 0 bridgehead atoms. The van der Waals surface area contributed by atoms with Crippen molar-refractivity contribution < 1.29 is 4.74 Å². The molecular weight excluding hydrogens is 212 g/mol. The van der Waals surface area contributed by atoms with E-state index in [2.05, 4.69) is 11.8 Å². The highest BCUT2D eigenvalue weighted by atomic mass is 16.5. The monoisotopic (exact) mass is 234 g/mol. The van der Waals surface area contributed by atoms with E-state index < -0.39 is 0 Å². The minimum atomic E-state index is 0.752. The lowest BCUT2D eigenvalue weighted by Gasteiger charge is -2.39. The second-order valence-electron chi connectivity index (χ2n) is 4.84. The fourth-order valence-electron chi connectivity index (χ4n) is 2.35. The van der Waals surface area contributed by atoms with Gasteiger partial charge in [0.05, 0.1) is 0 Å². The molecule has 1 aromatic rings. The normalized spacial score (nSPS) is 16.8. The van der Waals surface area contributed by atoms with Crippen molar-refractivity contribution in [2.45, 2.75) is 19.8 Å². The Morgan fingerprint density at radius 2 is 2.24 bits per heavy atom. The molecule has 0 atom stereocenters. The Labute approximate surface area is 104 Å². The smallest absolute Gasteiger partial charge is 0.121 e. The zero-order valence-electron chi connectivity index (χ0n) is 10.6. The zero-order valence-corrected chi connectivity index (χ0v) is 10.6. The number of nitrogens with zero attached hydrogens (tertiary/aromatic N) is 1. The van der Waals surface area contributed by atoms with Crippen LogP contribution < -0.4 is 10.5 Å². The number of nitrogen functional groups attached to an aromatic ring is 1. The van der Waals surface area contributed by atoms with Crippen molar-refractivity contribution >= 4 is 5.69 Å². The van der Waals surface area contributed by atoms with Crippen LogP contribution in [0.2, 0.25) is 0 Å². The van der Waals surface area contributed by atoms with E-state index in [0.717, 1.165) is 30.5 Å². The molecular formula is C14H22N2O. The van der Waals surface area contributed by atoms with E-state index in [0.29, 0.717) is 0 Å². The number of ether oxygens (including phenoxy) is 1. The van der Waals surface area contributed by atoms with E-state index in [1.54, 1.807) is 0 Å². The molecule has 0 unspecified atom stereocenters. The number of rotatable bonds is 6. The van der Waals surface area contributed by atoms with Gasteiger partial charge in [-0.05, 0) is 24.5 Å². The topological polar surface area (TPSA) is 38.5 Å². The number of likely N-dealkylation sites (tertiary alicyclic amines) is 1. The second-order valence-corrected chi connectivity index (χ2v) is 4.84. The molecule has 3 heteroatoms. The summed E-state index contributed by atoms with van der Waals surface area (Å²) in [5, 5.41) is 0. The summed E-state index contributed by atoms with van der Waals surface area (Å²) in [5.41, 5.74) is 6.45. The standard InChI is InChI=1S/C14H22N2O/c1-2-4-12-10-16(11-12)7-8-17-14-6-3-5-13(15)9-14/h3,5-6,9,12H,2,4,7-8,10-11,15H2,1H3.